The van der Waals surface area contributed by atoms with Crippen LogP contribution in [0.25, 0.3) is 0 Å². The number of carbonyl (C=O) groups excluding carboxylic acids is 2. The number of hydrogen-bond donors (Lipinski definition) is 1. The Labute approximate surface area is 149 Å². The Bertz CT molecular complexity index is 723. The molecule has 0 unspecified atom stereocenters. The van der Waals surface area contributed by atoms with Crippen molar-refractivity contribution >= 4 is 21.8 Å². The lowest BCUT2D eigenvalue weighted by Crippen LogP contribution is -2.40. The molecule has 8 heteroatoms. The summed E-state index contributed by atoms with van der Waals surface area (Å²) in [6.07, 6.45) is 1.71. The van der Waals surface area contributed by atoms with Gasteiger partial charge in [0.25, 0.3) is 5.91 Å². The number of nitrogens with zero attached hydrogens (tertiary/aromatic N) is 2. The maximum Gasteiger partial charge on any atom is 0.251 e. The third-order valence-corrected chi connectivity index (χ3v) is 6.21. The molecule has 0 aliphatic carbocycles. The van der Waals surface area contributed by atoms with Crippen LogP contribution in [-0.2, 0) is 14.8 Å². The van der Waals surface area contributed by atoms with Gasteiger partial charge in [-0.1, -0.05) is 6.07 Å². The van der Waals surface area contributed by atoms with Crippen LogP contribution in [0.1, 0.15) is 37.0 Å². The molecule has 0 atom stereocenters. The van der Waals surface area contributed by atoms with Crippen molar-refractivity contribution in [1.29, 1.82) is 0 Å². The van der Waals surface area contributed by atoms with Crippen LogP contribution in [0.3, 0.4) is 0 Å². The van der Waals surface area contributed by atoms with E-state index in [1.165, 1.54) is 16.4 Å². The van der Waals surface area contributed by atoms with Crippen LogP contribution in [0.4, 0.5) is 0 Å². The van der Waals surface area contributed by atoms with Crippen molar-refractivity contribution < 1.29 is 18.0 Å². The highest BCUT2D eigenvalue weighted by molar-refractivity contribution is 7.89. The third-order valence-electron chi connectivity index (χ3n) is 4.32. The molecule has 2 rings (SSSR count). The summed E-state index contributed by atoms with van der Waals surface area (Å²) in [5.74, 6) is -0.627. The molecule has 1 N–H and O–H groups in total. The predicted molar refractivity (Wildman–Crippen MR) is 94.7 cm³/mol. The van der Waals surface area contributed by atoms with E-state index in [1.54, 1.807) is 17.0 Å². The van der Waals surface area contributed by atoms with E-state index in [9.17, 15) is 18.0 Å². The van der Waals surface area contributed by atoms with Crippen LogP contribution >= 0.6 is 0 Å². The van der Waals surface area contributed by atoms with E-state index in [0.29, 0.717) is 26.2 Å². The van der Waals surface area contributed by atoms with Crippen molar-refractivity contribution in [3.8, 4) is 0 Å². The Morgan fingerprint density at radius 3 is 2.40 bits per heavy atom. The van der Waals surface area contributed by atoms with E-state index in [1.807, 2.05) is 13.8 Å². The molecular weight excluding hydrogens is 342 g/mol. The fraction of sp³-hybridized carbons (Fsp3) is 0.529. The number of hydrogen-bond acceptors (Lipinski definition) is 4. The summed E-state index contributed by atoms with van der Waals surface area (Å²) in [4.78, 5) is 25.9. The van der Waals surface area contributed by atoms with Crippen LogP contribution < -0.4 is 5.32 Å². The van der Waals surface area contributed by atoms with Crippen LogP contribution in [0.2, 0.25) is 0 Å². The highest BCUT2D eigenvalue weighted by atomic mass is 32.2. The zero-order valence-electron chi connectivity index (χ0n) is 14.7. The molecule has 1 aromatic carbocycles. The minimum atomic E-state index is -3.57. The number of carbonyl (C=O) groups is 2. The maximum atomic E-state index is 12.6. The Morgan fingerprint density at radius 1 is 1.16 bits per heavy atom. The fourth-order valence-electron chi connectivity index (χ4n) is 2.82. The van der Waals surface area contributed by atoms with E-state index in [0.717, 1.165) is 12.8 Å². The summed E-state index contributed by atoms with van der Waals surface area (Å²) >= 11 is 0. The minimum absolute atomic E-state index is 0.108. The maximum absolute atomic E-state index is 12.6. The van der Waals surface area contributed by atoms with Crippen LogP contribution in [-0.4, -0.2) is 62.2 Å². The van der Waals surface area contributed by atoms with Crippen molar-refractivity contribution in [2.45, 2.75) is 31.6 Å². The number of likely N-dealkylation sites (N-methyl/N-ethyl adjacent to an activating group) is 1. The average molecular weight is 367 g/mol. The highest BCUT2D eigenvalue weighted by Gasteiger charge is 2.27. The van der Waals surface area contributed by atoms with E-state index in [-0.39, 0.29) is 22.9 Å². The molecule has 1 heterocycles. The molecule has 1 aliphatic rings. The Hall–Kier alpha value is -1.93. The lowest BCUT2D eigenvalue weighted by atomic mass is 10.2. The first-order valence-corrected chi connectivity index (χ1v) is 10.00. The van der Waals surface area contributed by atoms with Crippen molar-refractivity contribution in [1.82, 2.24) is 14.5 Å². The molecule has 0 saturated carbocycles. The molecule has 2 amide bonds. The highest BCUT2D eigenvalue weighted by Crippen LogP contribution is 2.21. The van der Waals surface area contributed by atoms with E-state index < -0.39 is 15.9 Å². The lowest BCUT2D eigenvalue weighted by Gasteiger charge is -2.19. The first-order chi connectivity index (χ1) is 11.9. The predicted octanol–water partition coefficient (Wildman–Crippen LogP) is 1.07. The van der Waals surface area contributed by atoms with E-state index in [2.05, 4.69) is 5.32 Å². The summed E-state index contributed by atoms with van der Waals surface area (Å²) in [7, 11) is -3.57. The minimum Gasteiger partial charge on any atom is -0.343 e. The number of amides is 2. The number of sulfonamides is 1. The topological polar surface area (TPSA) is 86.8 Å². The van der Waals surface area contributed by atoms with Gasteiger partial charge in [0.2, 0.25) is 15.9 Å². The van der Waals surface area contributed by atoms with Gasteiger partial charge in [0.1, 0.15) is 0 Å². The van der Waals surface area contributed by atoms with Crippen LogP contribution in [0, 0.1) is 0 Å². The van der Waals surface area contributed by atoms with E-state index >= 15 is 0 Å². The monoisotopic (exact) mass is 367 g/mol. The molecule has 1 saturated heterocycles. The average Bonchev–Trinajstić information content (AvgIpc) is 3.16. The molecule has 0 radical (unpaired) electrons. The molecular formula is C17H25N3O4S. The Balaban J connectivity index is 2.08. The van der Waals surface area contributed by atoms with Gasteiger partial charge in [-0.05, 0) is 44.9 Å². The Morgan fingerprint density at radius 2 is 1.80 bits per heavy atom. The quantitative estimate of drug-likeness (QED) is 0.781. The summed E-state index contributed by atoms with van der Waals surface area (Å²) in [6, 6.07) is 5.95. The van der Waals surface area contributed by atoms with E-state index in [4.69, 9.17) is 0 Å². The van der Waals surface area contributed by atoms with Gasteiger partial charge in [-0.15, -0.1) is 0 Å². The van der Waals surface area contributed by atoms with Gasteiger partial charge in [-0.3, -0.25) is 9.59 Å². The van der Waals surface area contributed by atoms with Gasteiger partial charge in [0, 0.05) is 31.7 Å². The van der Waals surface area contributed by atoms with Gasteiger partial charge >= 0.3 is 0 Å². The van der Waals surface area contributed by atoms with Crippen molar-refractivity contribution in [2.75, 3.05) is 32.7 Å². The molecule has 1 fully saturated rings. The molecule has 0 spiro atoms. The molecule has 0 bridgehead atoms. The first kappa shape index (κ1) is 19.4. The Kier molecular flexibility index (Phi) is 6.55. The largest absolute Gasteiger partial charge is 0.343 e. The van der Waals surface area contributed by atoms with Crippen LogP contribution in [0.5, 0.6) is 0 Å². The summed E-state index contributed by atoms with van der Waals surface area (Å²) < 4.78 is 26.6. The lowest BCUT2D eigenvalue weighted by molar-refractivity contribution is -0.129. The zero-order chi connectivity index (χ0) is 18.4. The SMILES string of the molecule is CCN(CC)C(=O)CNC(=O)c1cccc(S(=O)(=O)N2CCCC2)c1. The molecule has 138 valence electrons. The molecule has 25 heavy (non-hydrogen) atoms. The van der Waals surface area contributed by atoms with Gasteiger partial charge in [-0.2, -0.15) is 4.31 Å². The molecule has 1 aliphatic heterocycles. The zero-order valence-corrected chi connectivity index (χ0v) is 15.5. The molecule has 0 aromatic heterocycles. The second-order valence-corrected chi connectivity index (χ2v) is 7.83. The molecule has 7 nitrogen and oxygen atoms in total. The third kappa shape index (κ3) is 4.58. The van der Waals surface area contributed by atoms with Crippen LogP contribution in [0.15, 0.2) is 29.2 Å². The first-order valence-electron chi connectivity index (χ1n) is 8.56. The van der Waals surface area contributed by atoms with Crippen molar-refractivity contribution in [3.05, 3.63) is 29.8 Å². The summed E-state index contributed by atoms with van der Waals surface area (Å²) in [6.45, 7) is 5.81. The van der Waals surface area contributed by atoms with Gasteiger partial charge in [-0.25, -0.2) is 8.42 Å². The fourth-order valence-corrected chi connectivity index (χ4v) is 4.38. The summed E-state index contributed by atoms with van der Waals surface area (Å²) in [5, 5.41) is 2.56. The summed E-state index contributed by atoms with van der Waals surface area (Å²) in [5.41, 5.74) is 0.229. The number of rotatable bonds is 7. The van der Waals surface area contributed by atoms with Gasteiger partial charge in [0.05, 0.1) is 11.4 Å². The second-order valence-electron chi connectivity index (χ2n) is 5.89. The number of benzene rings is 1. The van der Waals surface area contributed by atoms with Crippen molar-refractivity contribution in [3.63, 3.8) is 0 Å². The van der Waals surface area contributed by atoms with Crippen molar-refractivity contribution in [2.24, 2.45) is 0 Å². The second kappa shape index (κ2) is 8.44. The molecule has 1 aromatic rings. The standard InChI is InChI=1S/C17H25N3O4S/c1-3-19(4-2)16(21)13-18-17(22)14-8-7-9-15(12-14)25(23,24)20-10-5-6-11-20/h7-9,12H,3-6,10-11,13H2,1-2H3,(H,18,22). The smallest absolute Gasteiger partial charge is 0.251 e. The van der Waals surface area contributed by atoms with Gasteiger partial charge < -0.3 is 10.2 Å². The van der Waals surface area contributed by atoms with Gasteiger partial charge in [0.15, 0.2) is 0 Å². The number of nitrogens with one attached hydrogen (secondary N) is 1. The normalized spacial score (nSPS) is 15.1.